The SMILES string of the molecule is COc1cc2c(c3sc4ccccc4c(=O)c13)C=CC(C)(C)O2. The molecule has 0 atom stereocenters. The third-order valence-corrected chi connectivity index (χ3v) is 5.26. The zero-order chi connectivity index (χ0) is 16.2. The maximum Gasteiger partial charge on any atom is 0.199 e. The predicted octanol–water partition coefficient (Wildman–Crippen LogP) is 4.61. The number of fused-ring (bicyclic) bond motifs is 4. The number of hydrogen-bond donors (Lipinski definition) is 0. The molecule has 2 heterocycles. The molecule has 1 aliphatic rings. The molecule has 0 unspecified atom stereocenters. The van der Waals surface area contributed by atoms with Gasteiger partial charge in [-0.2, -0.15) is 0 Å². The van der Waals surface area contributed by atoms with Gasteiger partial charge in [0.15, 0.2) is 5.43 Å². The molecule has 0 radical (unpaired) electrons. The molecular formula is C19H16O3S. The maximum atomic E-state index is 12.9. The molecule has 1 aromatic heterocycles. The monoisotopic (exact) mass is 324 g/mol. The Balaban J connectivity index is 2.20. The van der Waals surface area contributed by atoms with Crippen molar-refractivity contribution in [3.63, 3.8) is 0 Å². The third-order valence-electron chi connectivity index (χ3n) is 4.06. The van der Waals surface area contributed by atoms with E-state index in [1.54, 1.807) is 18.4 Å². The predicted molar refractivity (Wildman–Crippen MR) is 95.9 cm³/mol. The van der Waals surface area contributed by atoms with Crippen LogP contribution in [-0.4, -0.2) is 12.7 Å². The summed E-state index contributed by atoms with van der Waals surface area (Å²) in [7, 11) is 1.59. The van der Waals surface area contributed by atoms with Crippen molar-refractivity contribution < 1.29 is 9.47 Å². The van der Waals surface area contributed by atoms with Crippen LogP contribution < -0.4 is 14.9 Å². The summed E-state index contributed by atoms with van der Waals surface area (Å²) in [6, 6.07) is 9.50. The first kappa shape index (κ1) is 14.3. The second kappa shape index (κ2) is 4.83. The minimum Gasteiger partial charge on any atom is -0.496 e. The number of methoxy groups -OCH3 is 1. The van der Waals surface area contributed by atoms with Gasteiger partial charge in [-0.25, -0.2) is 0 Å². The van der Waals surface area contributed by atoms with Crippen LogP contribution in [0.3, 0.4) is 0 Å². The van der Waals surface area contributed by atoms with Crippen molar-refractivity contribution in [1.82, 2.24) is 0 Å². The van der Waals surface area contributed by atoms with Gasteiger partial charge in [0.1, 0.15) is 17.1 Å². The molecular weight excluding hydrogens is 308 g/mol. The summed E-state index contributed by atoms with van der Waals surface area (Å²) >= 11 is 1.60. The first-order valence-corrected chi connectivity index (χ1v) is 8.26. The van der Waals surface area contributed by atoms with Crippen LogP contribution in [0.25, 0.3) is 26.2 Å². The number of ether oxygens (including phenoxy) is 2. The average Bonchev–Trinajstić information content (AvgIpc) is 2.53. The van der Waals surface area contributed by atoms with E-state index in [1.165, 1.54) is 0 Å². The Morgan fingerprint density at radius 3 is 2.78 bits per heavy atom. The molecule has 0 fully saturated rings. The molecule has 4 heteroatoms. The smallest absolute Gasteiger partial charge is 0.199 e. The molecule has 0 saturated heterocycles. The van der Waals surface area contributed by atoms with E-state index in [-0.39, 0.29) is 11.0 Å². The highest BCUT2D eigenvalue weighted by atomic mass is 32.1. The molecule has 0 amide bonds. The van der Waals surface area contributed by atoms with Crippen LogP contribution in [-0.2, 0) is 0 Å². The van der Waals surface area contributed by atoms with Crippen LogP contribution in [0, 0.1) is 0 Å². The van der Waals surface area contributed by atoms with Gasteiger partial charge < -0.3 is 9.47 Å². The Labute approximate surface area is 137 Å². The van der Waals surface area contributed by atoms with Crippen LogP contribution in [0.4, 0.5) is 0 Å². The van der Waals surface area contributed by atoms with E-state index in [1.807, 2.05) is 56.3 Å². The van der Waals surface area contributed by atoms with E-state index >= 15 is 0 Å². The van der Waals surface area contributed by atoms with E-state index in [4.69, 9.17) is 9.47 Å². The summed E-state index contributed by atoms with van der Waals surface area (Å²) in [5, 5.41) is 1.35. The molecule has 3 aromatic rings. The molecule has 3 nitrogen and oxygen atoms in total. The molecule has 0 spiro atoms. The van der Waals surface area contributed by atoms with Gasteiger partial charge >= 0.3 is 0 Å². The fourth-order valence-corrected chi connectivity index (χ4v) is 4.15. The van der Waals surface area contributed by atoms with Crippen molar-refractivity contribution in [2.75, 3.05) is 7.11 Å². The molecule has 0 N–H and O–H groups in total. The van der Waals surface area contributed by atoms with E-state index in [2.05, 4.69) is 0 Å². The quantitative estimate of drug-likeness (QED) is 0.613. The molecule has 0 bridgehead atoms. The molecule has 2 aromatic carbocycles. The van der Waals surface area contributed by atoms with Crippen molar-refractivity contribution in [3.8, 4) is 11.5 Å². The standard InChI is InChI=1S/C19H16O3S/c1-19(2)9-8-11-13(22-19)10-14(21-3)16-17(20)12-6-4-5-7-15(12)23-18(11)16/h4-10H,1-3H3. The number of benzene rings is 2. The lowest BCUT2D eigenvalue weighted by Crippen LogP contribution is -2.27. The lowest BCUT2D eigenvalue weighted by Gasteiger charge is -2.28. The molecule has 116 valence electrons. The molecule has 0 saturated carbocycles. The third kappa shape index (κ3) is 2.13. The maximum absolute atomic E-state index is 12.9. The fourth-order valence-electron chi connectivity index (χ4n) is 2.94. The second-order valence-electron chi connectivity index (χ2n) is 6.16. The van der Waals surface area contributed by atoms with Crippen LogP contribution in [0.15, 0.2) is 41.2 Å². The van der Waals surface area contributed by atoms with Crippen LogP contribution in [0.5, 0.6) is 11.5 Å². The van der Waals surface area contributed by atoms with Gasteiger partial charge in [-0.05, 0) is 38.1 Å². The topological polar surface area (TPSA) is 35.5 Å². The highest BCUT2D eigenvalue weighted by molar-refractivity contribution is 7.24. The van der Waals surface area contributed by atoms with Gasteiger partial charge in [0.25, 0.3) is 0 Å². The van der Waals surface area contributed by atoms with E-state index in [9.17, 15) is 4.79 Å². The molecule has 0 aliphatic carbocycles. The Hall–Kier alpha value is -2.33. The molecule has 4 rings (SSSR count). The van der Waals surface area contributed by atoms with Crippen molar-refractivity contribution in [3.05, 3.63) is 52.2 Å². The minimum absolute atomic E-state index is 0.00670. The number of rotatable bonds is 1. The van der Waals surface area contributed by atoms with Gasteiger partial charge in [0.05, 0.1) is 17.2 Å². The molecule has 1 aliphatic heterocycles. The minimum atomic E-state index is -0.368. The number of hydrogen-bond acceptors (Lipinski definition) is 4. The summed E-state index contributed by atoms with van der Waals surface area (Å²) in [6.45, 7) is 4.01. The highest BCUT2D eigenvalue weighted by Crippen LogP contribution is 2.42. The summed E-state index contributed by atoms with van der Waals surface area (Å²) in [4.78, 5) is 12.9. The zero-order valence-corrected chi connectivity index (χ0v) is 14.0. The van der Waals surface area contributed by atoms with Crippen LogP contribution in [0.2, 0.25) is 0 Å². The Kier molecular flexibility index (Phi) is 3.00. The van der Waals surface area contributed by atoms with Gasteiger partial charge in [0, 0.05) is 21.7 Å². The Bertz CT molecular complexity index is 1030. The first-order valence-electron chi connectivity index (χ1n) is 7.45. The largest absolute Gasteiger partial charge is 0.496 e. The van der Waals surface area contributed by atoms with Gasteiger partial charge in [0.2, 0.25) is 0 Å². The highest BCUT2D eigenvalue weighted by Gasteiger charge is 2.26. The van der Waals surface area contributed by atoms with Gasteiger partial charge in [-0.15, -0.1) is 11.3 Å². The van der Waals surface area contributed by atoms with E-state index < -0.39 is 0 Å². The Morgan fingerprint density at radius 2 is 2.00 bits per heavy atom. The van der Waals surface area contributed by atoms with Gasteiger partial charge in [-0.3, -0.25) is 4.79 Å². The fraction of sp³-hybridized carbons (Fsp3) is 0.211. The summed E-state index contributed by atoms with van der Waals surface area (Å²) < 4.78 is 13.4. The second-order valence-corrected chi connectivity index (χ2v) is 7.21. The van der Waals surface area contributed by atoms with E-state index in [0.717, 1.165) is 26.1 Å². The first-order chi connectivity index (χ1) is 11.0. The van der Waals surface area contributed by atoms with Crippen molar-refractivity contribution in [2.24, 2.45) is 0 Å². The summed E-state index contributed by atoms with van der Waals surface area (Å²) in [5.74, 6) is 1.32. The zero-order valence-electron chi connectivity index (χ0n) is 13.2. The molecule has 23 heavy (non-hydrogen) atoms. The van der Waals surface area contributed by atoms with Crippen molar-refractivity contribution in [2.45, 2.75) is 19.4 Å². The van der Waals surface area contributed by atoms with Crippen LogP contribution in [0.1, 0.15) is 19.4 Å². The summed E-state index contributed by atoms with van der Waals surface area (Å²) in [6.07, 6.45) is 4.07. The normalized spacial score (nSPS) is 15.4. The average molecular weight is 324 g/mol. The Morgan fingerprint density at radius 1 is 1.22 bits per heavy atom. The lowest BCUT2D eigenvalue weighted by atomic mass is 10.0. The van der Waals surface area contributed by atoms with Crippen molar-refractivity contribution in [1.29, 1.82) is 0 Å². The lowest BCUT2D eigenvalue weighted by molar-refractivity contribution is 0.159. The van der Waals surface area contributed by atoms with Crippen LogP contribution >= 0.6 is 11.3 Å². The van der Waals surface area contributed by atoms with Crippen molar-refractivity contribution >= 4 is 37.6 Å². The van der Waals surface area contributed by atoms with Gasteiger partial charge in [-0.1, -0.05) is 12.1 Å². The summed E-state index contributed by atoms with van der Waals surface area (Å²) in [5.41, 5.74) is 0.591. The van der Waals surface area contributed by atoms with E-state index in [0.29, 0.717) is 11.1 Å².